The fourth-order valence-electron chi connectivity index (χ4n) is 1.32. The van der Waals surface area contributed by atoms with Gasteiger partial charge in [-0.2, -0.15) is 13.2 Å². The quantitative estimate of drug-likeness (QED) is 0.704. The Bertz CT molecular complexity index is 307. The standard InChI is InChI=1S/C11H13F3O/c1-15-7-3-5-9-4-2-6-10(8-9)11(12,13)14/h2,4,6,8H,3,5,7H2,1H3. The number of ether oxygens (including phenoxy) is 1. The van der Waals surface area contributed by atoms with Crippen LogP contribution in [0.1, 0.15) is 17.5 Å². The molecule has 4 heteroatoms. The minimum Gasteiger partial charge on any atom is -0.385 e. The first-order chi connectivity index (χ1) is 7.04. The van der Waals surface area contributed by atoms with Crippen LogP contribution in [0.25, 0.3) is 0 Å². The molecular weight excluding hydrogens is 205 g/mol. The highest BCUT2D eigenvalue weighted by atomic mass is 19.4. The lowest BCUT2D eigenvalue weighted by Crippen LogP contribution is -2.05. The topological polar surface area (TPSA) is 9.23 Å². The van der Waals surface area contributed by atoms with Crippen LogP contribution in [0, 0.1) is 0 Å². The van der Waals surface area contributed by atoms with Gasteiger partial charge in [-0.15, -0.1) is 0 Å². The fraction of sp³-hybridized carbons (Fsp3) is 0.455. The van der Waals surface area contributed by atoms with Crippen LogP contribution < -0.4 is 0 Å². The van der Waals surface area contributed by atoms with Gasteiger partial charge in [-0.05, 0) is 24.5 Å². The van der Waals surface area contributed by atoms with E-state index in [-0.39, 0.29) is 0 Å². The largest absolute Gasteiger partial charge is 0.416 e. The minimum atomic E-state index is -4.25. The second-order valence-electron chi connectivity index (χ2n) is 3.29. The van der Waals surface area contributed by atoms with E-state index in [2.05, 4.69) is 0 Å². The summed E-state index contributed by atoms with van der Waals surface area (Å²) in [5.41, 5.74) is 0.110. The average Bonchev–Trinajstić information content (AvgIpc) is 2.17. The molecular formula is C11H13F3O. The monoisotopic (exact) mass is 218 g/mol. The van der Waals surface area contributed by atoms with Crippen molar-refractivity contribution in [2.45, 2.75) is 19.0 Å². The Kier molecular flexibility index (Phi) is 4.15. The maximum absolute atomic E-state index is 12.3. The summed E-state index contributed by atoms with van der Waals surface area (Å²) in [6.45, 7) is 0.566. The van der Waals surface area contributed by atoms with Crippen molar-refractivity contribution in [1.82, 2.24) is 0 Å². The first-order valence-electron chi connectivity index (χ1n) is 4.69. The van der Waals surface area contributed by atoms with Crippen molar-refractivity contribution < 1.29 is 17.9 Å². The van der Waals surface area contributed by atoms with Gasteiger partial charge in [0.2, 0.25) is 0 Å². The highest BCUT2D eigenvalue weighted by Gasteiger charge is 2.30. The SMILES string of the molecule is COCCCc1cccc(C(F)(F)F)c1. The smallest absolute Gasteiger partial charge is 0.385 e. The van der Waals surface area contributed by atoms with E-state index in [1.54, 1.807) is 13.2 Å². The van der Waals surface area contributed by atoms with E-state index in [0.717, 1.165) is 12.5 Å². The third kappa shape index (κ3) is 3.91. The lowest BCUT2D eigenvalue weighted by molar-refractivity contribution is -0.137. The van der Waals surface area contributed by atoms with Crippen LogP contribution in [0.2, 0.25) is 0 Å². The molecule has 0 aliphatic heterocycles. The average molecular weight is 218 g/mol. The van der Waals surface area contributed by atoms with E-state index in [0.29, 0.717) is 18.6 Å². The Morgan fingerprint density at radius 3 is 2.60 bits per heavy atom. The lowest BCUT2D eigenvalue weighted by atomic mass is 10.1. The van der Waals surface area contributed by atoms with Crippen LogP contribution in [0.5, 0.6) is 0 Å². The van der Waals surface area contributed by atoms with Gasteiger partial charge in [-0.25, -0.2) is 0 Å². The predicted octanol–water partition coefficient (Wildman–Crippen LogP) is 3.28. The summed E-state index contributed by atoms with van der Waals surface area (Å²) in [7, 11) is 1.58. The molecule has 0 bridgehead atoms. The number of hydrogen-bond acceptors (Lipinski definition) is 1. The zero-order chi connectivity index (χ0) is 11.3. The van der Waals surface area contributed by atoms with Crippen molar-refractivity contribution in [2.24, 2.45) is 0 Å². The Morgan fingerprint density at radius 2 is 2.00 bits per heavy atom. The highest BCUT2D eigenvalue weighted by Crippen LogP contribution is 2.29. The summed E-state index contributed by atoms with van der Waals surface area (Å²) in [6, 6.07) is 5.41. The van der Waals surface area contributed by atoms with Crippen molar-refractivity contribution >= 4 is 0 Å². The third-order valence-electron chi connectivity index (χ3n) is 2.07. The molecule has 0 saturated carbocycles. The normalized spacial score (nSPS) is 11.7. The van der Waals surface area contributed by atoms with Gasteiger partial charge in [0.25, 0.3) is 0 Å². The molecule has 0 saturated heterocycles. The molecule has 0 atom stereocenters. The van der Waals surface area contributed by atoms with E-state index in [1.165, 1.54) is 12.1 Å². The molecule has 0 amide bonds. The zero-order valence-corrected chi connectivity index (χ0v) is 8.47. The molecule has 0 unspecified atom stereocenters. The second kappa shape index (κ2) is 5.16. The van der Waals surface area contributed by atoms with Gasteiger partial charge in [0, 0.05) is 13.7 Å². The first-order valence-corrected chi connectivity index (χ1v) is 4.69. The van der Waals surface area contributed by atoms with E-state index in [1.807, 2.05) is 0 Å². The van der Waals surface area contributed by atoms with Gasteiger partial charge >= 0.3 is 6.18 Å². The summed E-state index contributed by atoms with van der Waals surface area (Å²) in [5.74, 6) is 0. The van der Waals surface area contributed by atoms with Gasteiger partial charge < -0.3 is 4.74 Å². The predicted molar refractivity (Wildman–Crippen MR) is 51.6 cm³/mol. The lowest BCUT2D eigenvalue weighted by Gasteiger charge is -2.08. The number of aryl methyl sites for hydroxylation is 1. The number of halogens is 3. The number of hydrogen-bond donors (Lipinski definition) is 0. The van der Waals surface area contributed by atoms with Crippen molar-refractivity contribution in [2.75, 3.05) is 13.7 Å². The Labute approximate surface area is 86.9 Å². The van der Waals surface area contributed by atoms with Crippen molar-refractivity contribution in [3.63, 3.8) is 0 Å². The molecule has 0 aromatic heterocycles. The van der Waals surface area contributed by atoms with Gasteiger partial charge in [0.15, 0.2) is 0 Å². The number of benzene rings is 1. The summed E-state index contributed by atoms with van der Waals surface area (Å²) >= 11 is 0. The van der Waals surface area contributed by atoms with Crippen LogP contribution in [-0.4, -0.2) is 13.7 Å². The van der Waals surface area contributed by atoms with E-state index in [4.69, 9.17) is 4.74 Å². The van der Waals surface area contributed by atoms with E-state index < -0.39 is 11.7 Å². The van der Waals surface area contributed by atoms with Crippen molar-refractivity contribution in [3.05, 3.63) is 35.4 Å². The van der Waals surface area contributed by atoms with Crippen LogP contribution >= 0.6 is 0 Å². The van der Waals surface area contributed by atoms with Crippen LogP contribution in [0.4, 0.5) is 13.2 Å². The summed E-state index contributed by atoms with van der Waals surface area (Å²) in [5, 5.41) is 0. The van der Waals surface area contributed by atoms with Crippen molar-refractivity contribution in [3.8, 4) is 0 Å². The molecule has 0 radical (unpaired) electrons. The molecule has 1 aromatic rings. The Balaban J connectivity index is 2.66. The minimum absolute atomic E-state index is 0.566. The molecule has 0 spiro atoms. The molecule has 1 rings (SSSR count). The molecule has 84 valence electrons. The molecule has 15 heavy (non-hydrogen) atoms. The first kappa shape index (κ1) is 12.0. The van der Waals surface area contributed by atoms with Crippen LogP contribution in [0.15, 0.2) is 24.3 Å². The summed E-state index contributed by atoms with van der Waals surface area (Å²) < 4.78 is 41.8. The fourth-order valence-corrected chi connectivity index (χ4v) is 1.32. The van der Waals surface area contributed by atoms with Crippen LogP contribution in [0.3, 0.4) is 0 Å². The van der Waals surface area contributed by atoms with Crippen LogP contribution in [-0.2, 0) is 17.3 Å². The number of methoxy groups -OCH3 is 1. The molecule has 0 N–H and O–H groups in total. The van der Waals surface area contributed by atoms with Gasteiger partial charge in [0.05, 0.1) is 5.56 Å². The number of alkyl halides is 3. The van der Waals surface area contributed by atoms with E-state index in [9.17, 15) is 13.2 Å². The third-order valence-corrected chi connectivity index (χ3v) is 2.07. The van der Waals surface area contributed by atoms with Crippen molar-refractivity contribution in [1.29, 1.82) is 0 Å². The zero-order valence-electron chi connectivity index (χ0n) is 8.47. The van der Waals surface area contributed by atoms with Gasteiger partial charge in [-0.1, -0.05) is 18.2 Å². The molecule has 0 fully saturated rings. The highest BCUT2D eigenvalue weighted by molar-refractivity contribution is 5.25. The Hall–Kier alpha value is -1.03. The maximum atomic E-state index is 12.3. The number of rotatable bonds is 4. The maximum Gasteiger partial charge on any atom is 0.416 e. The van der Waals surface area contributed by atoms with E-state index >= 15 is 0 Å². The summed E-state index contributed by atoms with van der Waals surface area (Å²) in [6.07, 6.45) is -2.91. The molecule has 0 aliphatic rings. The van der Waals surface area contributed by atoms with Gasteiger partial charge in [-0.3, -0.25) is 0 Å². The second-order valence-corrected chi connectivity index (χ2v) is 3.29. The molecule has 1 aromatic carbocycles. The Morgan fingerprint density at radius 1 is 1.27 bits per heavy atom. The molecule has 0 aliphatic carbocycles. The van der Waals surface area contributed by atoms with Gasteiger partial charge in [0.1, 0.15) is 0 Å². The summed E-state index contributed by atoms with van der Waals surface area (Å²) in [4.78, 5) is 0. The molecule has 1 nitrogen and oxygen atoms in total. The molecule has 0 heterocycles.